The SMILES string of the molecule is CC(=O)c1c(C)[nH]c(C(=O)[C@H](C)OC(=O)c2cccnc2Cl)c1C. The fourth-order valence-electron chi connectivity index (χ4n) is 2.54. The summed E-state index contributed by atoms with van der Waals surface area (Å²) in [6.45, 7) is 6.30. The minimum atomic E-state index is -1.04. The molecule has 1 N–H and O–H groups in total. The first-order chi connectivity index (χ1) is 11.2. The highest BCUT2D eigenvalue weighted by atomic mass is 35.5. The van der Waals surface area contributed by atoms with E-state index in [1.54, 1.807) is 19.9 Å². The highest BCUT2D eigenvalue weighted by Gasteiger charge is 2.26. The molecule has 126 valence electrons. The van der Waals surface area contributed by atoms with Gasteiger partial charge in [0.1, 0.15) is 5.15 Å². The Morgan fingerprint density at radius 1 is 1.29 bits per heavy atom. The van der Waals surface area contributed by atoms with E-state index < -0.39 is 17.9 Å². The summed E-state index contributed by atoms with van der Waals surface area (Å²) in [6, 6.07) is 3.01. The lowest BCUT2D eigenvalue weighted by atomic mass is 10.0. The molecule has 0 saturated heterocycles. The predicted octanol–water partition coefficient (Wildman–Crippen LogP) is 3.31. The molecule has 0 amide bonds. The molecule has 0 saturated carbocycles. The normalized spacial score (nSPS) is 11.9. The number of aryl methyl sites for hydroxylation is 1. The molecular weight excluding hydrogens is 332 g/mol. The molecule has 2 heterocycles. The maximum atomic E-state index is 12.5. The number of rotatable bonds is 5. The zero-order chi connectivity index (χ0) is 18.0. The fraction of sp³-hybridized carbons (Fsp3) is 0.294. The van der Waals surface area contributed by atoms with E-state index in [0.29, 0.717) is 16.8 Å². The second-order valence-corrected chi connectivity index (χ2v) is 5.79. The molecular formula is C17H17ClN2O4. The van der Waals surface area contributed by atoms with Gasteiger partial charge >= 0.3 is 5.97 Å². The van der Waals surface area contributed by atoms with Gasteiger partial charge < -0.3 is 9.72 Å². The number of aromatic amines is 1. The van der Waals surface area contributed by atoms with Crippen molar-refractivity contribution in [2.45, 2.75) is 33.8 Å². The smallest absolute Gasteiger partial charge is 0.341 e. The number of hydrogen-bond donors (Lipinski definition) is 1. The number of halogens is 1. The third-order valence-corrected chi connectivity index (χ3v) is 3.97. The summed E-state index contributed by atoms with van der Waals surface area (Å²) in [5.74, 6) is -1.29. The van der Waals surface area contributed by atoms with Gasteiger partial charge in [-0.25, -0.2) is 9.78 Å². The van der Waals surface area contributed by atoms with Crippen molar-refractivity contribution < 1.29 is 19.1 Å². The van der Waals surface area contributed by atoms with Crippen LogP contribution in [-0.2, 0) is 4.74 Å². The van der Waals surface area contributed by atoms with Crippen molar-refractivity contribution >= 4 is 29.1 Å². The average Bonchev–Trinajstić information content (AvgIpc) is 2.81. The van der Waals surface area contributed by atoms with Gasteiger partial charge in [-0.05, 0) is 45.4 Å². The molecule has 2 aromatic rings. The fourth-order valence-corrected chi connectivity index (χ4v) is 2.74. The van der Waals surface area contributed by atoms with Gasteiger partial charge in [0, 0.05) is 17.5 Å². The van der Waals surface area contributed by atoms with Gasteiger partial charge in [-0.1, -0.05) is 11.6 Å². The van der Waals surface area contributed by atoms with Gasteiger partial charge in [-0.15, -0.1) is 0 Å². The van der Waals surface area contributed by atoms with Crippen molar-refractivity contribution in [1.82, 2.24) is 9.97 Å². The molecule has 0 radical (unpaired) electrons. The first kappa shape index (κ1) is 17.9. The van der Waals surface area contributed by atoms with Crippen molar-refractivity contribution in [2.75, 3.05) is 0 Å². The van der Waals surface area contributed by atoms with E-state index in [9.17, 15) is 14.4 Å². The molecule has 6 nitrogen and oxygen atoms in total. The maximum absolute atomic E-state index is 12.5. The zero-order valence-electron chi connectivity index (χ0n) is 13.8. The molecule has 0 aromatic carbocycles. The van der Waals surface area contributed by atoms with E-state index >= 15 is 0 Å². The van der Waals surface area contributed by atoms with Crippen LogP contribution in [0.2, 0.25) is 5.15 Å². The average molecular weight is 349 g/mol. The minimum absolute atomic E-state index is 0.00733. The summed E-state index contributed by atoms with van der Waals surface area (Å²) < 4.78 is 5.18. The number of carbonyl (C=O) groups is 3. The summed E-state index contributed by atoms with van der Waals surface area (Å²) >= 11 is 5.84. The second-order valence-electron chi connectivity index (χ2n) is 5.43. The van der Waals surface area contributed by atoms with Gasteiger partial charge in [-0.2, -0.15) is 0 Å². The Morgan fingerprint density at radius 3 is 2.50 bits per heavy atom. The summed E-state index contributed by atoms with van der Waals surface area (Å²) in [4.78, 5) is 43.0. The van der Waals surface area contributed by atoms with E-state index in [-0.39, 0.29) is 22.2 Å². The number of nitrogens with zero attached hydrogens (tertiary/aromatic N) is 1. The first-order valence-electron chi connectivity index (χ1n) is 7.29. The van der Waals surface area contributed by atoms with E-state index in [0.717, 1.165) is 0 Å². The predicted molar refractivity (Wildman–Crippen MR) is 88.7 cm³/mol. The largest absolute Gasteiger partial charge is 0.451 e. The molecule has 0 bridgehead atoms. The maximum Gasteiger partial charge on any atom is 0.341 e. The topological polar surface area (TPSA) is 89.1 Å². The highest BCUT2D eigenvalue weighted by molar-refractivity contribution is 6.32. The van der Waals surface area contributed by atoms with Crippen molar-refractivity contribution in [3.63, 3.8) is 0 Å². The number of ether oxygens (including phenoxy) is 1. The third kappa shape index (κ3) is 3.38. The number of aromatic nitrogens is 2. The molecule has 0 fully saturated rings. The van der Waals surface area contributed by atoms with Crippen molar-refractivity contribution in [1.29, 1.82) is 0 Å². The molecule has 2 aromatic heterocycles. The Balaban J connectivity index is 2.22. The monoisotopic (exact) mass is 348 g/mol. The molecule has 24 heavy (non-hydrogen) atoms. The Labute approximate surface area is 144 Å². The van der Waals surface area contributed by atoms with Gasteiger partial charge in [-0.3, -0.25) is 9.59 Å². The van der Waals surface area contributed by atoms with E-state index in [1.165, 1.54) is 26.1 Å². The molecule has 0 spiro atoms. The van der Waals surface area contributed by atoms with Crippen LogP contribution in [0, 0.1) is 13.8 Å². The molecule has 0 aliphatic heterocycles. The number of nitrogens with one attached hydrogen (secondary N) is 1. The Kier molecular flexibility index (Phi) is 5.19. The van der Waals surface area contributed by atoms with E-state index in [4.69, 9.17) is 16.3 Å². The number of esters is 1. The lowest BCUT2D eigenvalue weighted by Gasteiger charge is -2.12. The quantitative estimate of drug-likeness (QED) is 0.508. The lowest BCUT2D eigenvalue weighted by molar-refractivity contribution is 0.0316. The number of Topliss-reactive ketones (excluding diaryl/α,β-unsaturated/α-hetero) is 2. The molecule has 1 atom stereocenters. The van der Waals surface area contributed by atoms with Crippen LogP contribution in [0.15, 0.2) is 18.3 Å². The van der Waals surface area contributed by atoms with Crippen LogP contribution in [0.4, 0.5) is 0 Å². The number of hydrogen-bond acceptors (Lipinski definition) is 5. The first-order valence-corrected chi connectivity index (χ1v) is 7.67. The summed E-state index contributed by atoms with van der Waals surface area (Å²) in [7, 11) is 0. The Morgan fingerprint density at radius 2 is 1.96 bits per heavy atom. The van der Waals surface area contributed by atoms with Crippen LogP contribution in [0.3, 0.4) is 0 Å². The van der Waals surface area contributed by atoms with Crippen LogP contribution in [-0.4, -0.2) is 33.6 Å². The number of H-pyrrole nitrogens is 1. The van der Waals surface area contributed by atoms with Crippen molar-refractivity contribution in [3.05, 3.63) is 51.6 Å². The summed E-state index contributed by atoms with van der Waals surface area (Å²) in [6.07, 6.45) is 0.410. The van der Waals surface area contributed by atoms with Gasteiger partial charge in [0.25, 0.3) is 0 Å². The van der Waals surface area contributed by atoms with Crippen LogP contribution >= 0.6 is 11.6 Å². The minimum Gasteiger partial charge on any atom is -0.451 e. The van der Waals surface area contributed by atoms with Crippen molar-refractivity contribution in [2.24, 2.45) is 0 Å². The summed E-state index contributed by atoms with van der Waals surface area (Å²) in [5, 5.41) is 0.00733. The number of carbonyl (C=O) groups excluding carboxylic acids is 3. The van der Waals surface area contributed by atoms with Crippen LogP contribution in [0.5, 0.6) is 0 Å². The molecule has 0 aliphatic rings. The number of pyridine rings is 1. The molecule has 0 aliphatic carbocycles. The van der Waals surface area contributed by atoms with Crippen LogP contribution in [0.1, 0.15) is 56.3 Å². The highest BCUT2D eigenvalue weighted by Crippen LogP contribution is 2.21. The molecule has 0 unspecified atom stereocenters. The van der Waals surface area contributed by atoms with Gasteiger partial charge in [0.05, 0.1) is 11.3 Å². The number of ketones is 2. The van der Waals surface area contributed by atoms with E-state index in [2.05, 4.69) is 9.97 Å². The molecule has 7 heteroatoms. The second kappa shape index (κ2) is 6.97. The van der Waals surface area contributed by atoms with Crippen LogP contribution in [0.25, 0.3) is 0 Å². The standard InChI is InChI=1S/C17H17ClN2O4/c1-8-13(10(3)21)9(2)20-14(8)15(22)11(4)24-17(23)12-6-5-7-19-16(12)18/h5-7,11,20H,1-4H3/t11-/m0/s1. The Hall–Kier alpha value is -2.47. The molecule has 2 rings (SSSR count). The lowest BCUT2D eigenvalue weighted by Crippen LogP contribution is -2.25. The van der Waals surface area contributed by atoms with Gasteiger partial charge in [0.2, 0.25) is 5.78 Å². The summed E-state index contributed by atoms with van der Waals surface area (Å²) in [5.41, 5.74) is 1.98. The Bertz CT molecular complexity index is 826. The van der Waals surface area contributed by atoms with Crippen LogP contribution < -0.4 is 0 Å². The van der Waals surface area contributed by atoms with E-state index in [1.807, 2.05) is 0 Å². The zero-order valence-corrected chi connectivity index (χ0v) is 14.5. The third-order valence-electron chi connectivity index (χ3n) is 3.67. The van der Waals surface area contributed by atoms with Gasteiger partial charge in [0.15, 0.2) is 11.9 Å². The van der Waals surface area contributed by atoms with Crippen molar-refractivity contribution in [3.8, 4) is 0 Å².